The van der Waals surface area contributed by atoms with E-state index in [2.05, 4.69) is 58.4 Å². The summed E-state index contributed by atoms with van der Waals surface area (Å²) in [5, 5.41) is 9.75. The van der Waals surface area contributed by atoms with Crippen molar-refractivity contribution in [1.29, 1.82) is 0 Å². The zero-order valence-electron chi connectivity index (χ0n) is 20.8. The van der Waals surface area contributed by atoms with Crippen LogP contribution in [-0.2, 0) is 0 Å². The number of anilines is 2. The molecule has 1 aliphatic heterocycles. The van der Waals surface area contributed by atoms with Gasteiger partial charge in [0.1, 0.15) is 0 Å². The highest BCUT2D eigenvalue weighted by molar-refractivity contribution is 6.09. The van der Waals surface area contributed by atoms with Gasteiger partial charge in [0.05, 0.1) is 17.3 Å². The van der Waals surface area contributed by atoms with Crippen LogP contribution in [0.15, 0.2) is 72.8 Å². The largest absolute Gasteiger partial charge is 0.378 e. The molecule has 0 radical (unpaired) electrons. The van der Waals surface area contributed by atoms with E-state index in [1.807, 2.05) is 32.0 Å². The molecule has 5 nitrogen and oxygen atoms in total. The molecular weight excluding hydrogens is 446 g/mol. The van der Waals surface area contributed by atoms with E-state index >= 15 is 0 Å². The average Bonchev–Trinajstić information content (AvgIpc) is 3.51. The van der Waals surface area contributed by atoms with E-state index in [0.717, 1.165) is 11.6 Å². The molecule has 3 aromatic rings. The zero-order chi connectivity index (χ0) is 24.8. The minimum atomic E-state index is -0.188. The van der Waals surface area contributed by atoms with E-state index in [1.54, 1.807) is 12.1 Å². The third-order valence-corrected chi connectivity index (χ3v) is 8.35. The SMILES string of the molecule is CC(C)NC(=O)c1ccccc1NC(=O)c1ccc2c(c1)[C@@H]1[C@H]3CC[C@@H](C3)[C@H]1[C@H](c1ccccc1)N2. The monoisotopic (exact) mass is 479 g/mol. The van der Waals surface area contributed by atoms with Crippen molar-refractivity contribution in [3.8, 4) is 0 Å². The van der Waals surface area contributed by atoms with Crippen molar-refractivity contribution in [2.75, 3.05) is 10.6 Å². The first-order valence-corrected chi connectivity index (χ1v) is 13.2. The molecule has 2 saturated carbocycles. The molecule has 5 atom stereocenters. The first kappa shape index (κ1) is 22.8. The van der Waals surface area contributed by atoms with Gasteiger partial charge in [-0.25, -0.2) is 0 Å². The molecule has 1 heterocycles. The van der Waals surface area contributed by atoms with Crippen LogP contribution < -0.4 is 16.0 Å². The van der Waals surface area contributed by atoms with E-state index in [-0.39, 0.29) is 17.9 Å². The fourth-order valence-corrected chi connectivity index (χ4v) is 6.94. The lowest BCUT2D eigenvalue weighted by molar-refractivity contribution is 0.0944. The molecule has 0 saturated heterocycles. The van der Waals surface area contributed by atoms with Crippen LogP contribution in [0.5, 0.6) is 0 Å². The number of fused-ring (bicyclic) bond motifs is 7. The summed E-state index contributed by atoms with van der Waals surface area (Å²) in [6.07, 6.45) is 3.87. The second kappa shape index (κ2) is 9.12. The molecule has 0 unspecified atom stereocenters. The van der Waals surface area contributed by atoms with E-state index in [9.17, 15) is 9.59 Å². The van der Waals surface area contributed by atoms with Gasteiger partial charge in [0, 0.05) is 17.3 Å². The Morgan fingerprint density at radius 3 is 2.44 bits per heavy atom. The third-order valence-electron chi connectivity index (χ3n) is 8.35. The number of amides is 2. The van der Waals surface area contributed by atoms with Crippen LogP contribution in [0.1, 0.15) is 76.9 Å². The van der Waals surface area contributed by atoms with Gasteiger partial charge in [0.15, 0.2) is 0 Å². The van der Waals surface area contributed by atoms with Crippen LogP contribution in [0, 0.1) is 17.8 Å². The molecule has 6 rings (SSSR count). The second-order valence-electron chi connectivity index (χ2n) is 10.9. The molecule has 5 heteroatoms. The molecule has 3 aliphatic rings. The fraction of sp³-hybridized carbons (Fsp3) is 0.355. The summed E-state index contributed by atoms with van der Waals surface area (Å²) in [6.45, 7) is 3.84. The lowest BCUT2D eigenvalue weighted by Crippen LogP contribution is -2.35. The molecule has 2 fully saturated rings. The molecule has 36 heavy (non-hydrogen) atoms. The van der Waals surface area contributed by atoms with Gasteiger partial charge in [0.25, 0.3) is 11.8 Å². The minimum Gasteiger partial charge on any atom is -0.378 e. The highest BCUT2D eigenvalue weighted by Crippen LogP contribution is 2.63. The molecule has 0 aromatic heterocycles. The van der Waals surface area contributed by atoms with Crippen LogP contribution in [0.3, 0.4) is 0 Å². The number of hydrogen-bond donors (Lipinski definition) is 3. The predicted molar refractivity (Wildman–Crippen MR) is 143 cm³/mol. The number of hydrogen-bond acceptors (Lipinski definition) is 3. The van der Waals surface area contributed by atoms with E-state index in [4.69, 9.17) is 0 Å². The van der Waals surface area contributed by atoms with Crippen molar-refractivity contribution in [2.24, 2.45) is 17.8 Å². The Labute approximate surface area is 212 Å². The highest BCUT2D eigenvalue weighted by Gasteiger charge is 2.53. The molecule has 3 N–H and O–H groups in total. The van der Waals surface area contributed by atoms with Crippen molar-refractivity contribution >= 4 is 23.2 Å². The van der Waals surface area contributed by atoms with Gasteiger partial charge in [-0.3, -0.25) is 9.59 Å². The Hall–Kier alpha value is -3.60. The first-order chi connectivity index (χ1) is 17.5. The highest BCUT2D eigenvalue weighted by atomic mass is 16.2. The minimum absolute atomic E-state index is 0.0174. The Kier molecular flexibility index (Phi) is 5.79. The van der Waals surface area contributed by atoms with E-state index < -0.39 is 0 Å². The smallest absolute Gasteiger partial charge is 0.255 e. The summed E-state index contributed by atoms with van der Waals surface area (Å²) in [6, 6.07) is 24.4. The number of nitrogens with one attached hydrogen (secondary N) is 3. The summed E-state index contributed by atoms with van der Waals surface area (Å²) >= 11 is 0. The number of carbonyl (C=O) groups excluding carboxylic acids is 2. The van der Waals surface area contributed by atoms with Crippen LogP contribution >= 0.6 is 0 Å². The normalized spacial score (nSPS) is 25.6. The Morgan fingerprint density at radius 1 is 0.889 bits per heavy atom. The van der Waals surface area contributed by atoms with Crippen molar-refractivity contribution in [1.82, 2.24) is 5.32 Å². The van der Waals surface area contributed by atoms with Gasteiger partial charge in [-0.05, 0) is 98.2 Å². The maximum Gasteiger partial charge on any atom is 0.255 e. The summed E-state index contributed by atoms with van der Waals surface area (Å²) in [5.74, 6) is 2.07. The van der Waals surface area contributed by atoms with Crippen molar-refractivity contribution < 1.29 is 9.59 Å². The van der Waals surface area contributed by atoms with Crippen LogP contribution in [0.2, 0.25) is 0 Å². The standard InChI is InChI=1S/C31H33N3O2/c1-18(2)32-31(36)23-10-6-7-11-25(23)34-30(35)22-14-15-26-24(17-22)27-20-12-13-21(16-20)28(27)29(33-26)19-8-4-3-5-9-19/h3-11,14-15,17-18,20-21,27-29,33H,12-13,16H2,1-2H3,(H,32,36)(H,34,35)/t20-,21-,27-,28+,29-/m0/s1. The van der Waals surface area contributed by atoms with Crippen LogP contribution in [0.4, 0.5) is 11.4 Å². The van der Waals surface area contributed by atoms with Crippen LogP contribution in [0.25, 0.3) is 0 Å². The van der Waals surface area contributed by atoms with Crippen molar-refractivity contribution in [3.05, 3.63) is 95.1 Å². The summed E-state index contributed by atoms with van der Waals surface area (Å²) in [4.78, 5) is 26.0. The lowest BCUT2D eigenvalue weighted by Gasteiger charge is -2.43. The molecule has 2 aliphatic carbocycles. The van der Waals surface area contributed by atoms with Gasteiger partial charge < -0.3 is 16.0 Å². The Bertz CT molecular complexity index is 1300. The molecule has 184 valence electrons. The number of carbonyl (C=O) groups is 2. The fourth-order valence-electron chi connectivity index (χ4n) is 6.94. The molecule has 0 spiro atoms. The molecule has 2 bridgehead atoms. The van der Waals surface area contributed by atoms with Gasteiger partial charge in [-0.2, -0.15) is 0 Å². The summed E-state index contributed by atoms with van der Waals surface area (Å²) < 4.78 is 0. The van der Waals surface area contributed by atoms with Gasteiger partial charge >= 0.3 is 0 Å². The number of benzene rings is 3. The topological polar surface area (TPSA) is 70.2 Å². The summed E-state index contributed by atoms with van der Waals surface area (Å²) in [7, 11) is 0. The quantitative estimate of drug-likeness (QED) is 0.398. The Balaban J connectivity index is 1.30. The Morgan fingerprint density at radius 2 is 1.64 bits per heavy atom. The summed E-state index contributed by atoms with van der Waals surface area (Å²) in [5.41, 5.74) is 5.40. The van der Waals surface area contributed by atoms with E-state index in [0.29, 0.717) is 40.6 Å². The third kappa shape index (κ3) is 3.97. The van der Waals surface area contributed by atoms with Gasteiger partial charge in [-0.1, -0.05) is 42.5 Å². The number of rotatable bonds is 5. The number of para-hydroxylation sites is 1. The van der Waals surface area contributed by atoms with E-state index in [1.165, 1.54) is 30.4 Å². The van der Waals surface area contributed by atoms with Gasteiger partial charge in [-0.15, -0.1) is 0 Å². The molecule has 2 amide bonds. The second-order valence-corrected chi connectivity index (χ2v) is 10.9. The van der Waals surface area contributed by atoms with Crippen LogP contribution in [-0.4, -0.2) is 17.9 Å². The lowest BCUT2D eigenvalue weighted by atomic mass is 9.68. The van der Waals surface area contributed by atoms with Crippen molar-refractivity contribution in [2.45, 2.75) is 51.1 Å². The predicted octanol–water partition coefficient (Wildman–Crippen LogP) is 6.37. The zero-order valence-corrected chi connectivity index (χ0v) is 20.8. The first-order valence-electron chi connectivity index (χ1n) is 13.2. The molecular formula is C31H33N3O2. The maximum absolute atomic E-state index is 13.4. The molecule has 3 aromatic carbocycles. The maximum atomic E-state index is 13.4. The van der Waals surface area contributed by atoms with Crippen molar-refractivity contribution in [3.63, 3.8) is 0 Å². The average molecular weight is 480 g/mol. The van der Waals surface area contributed by atoms with Gasteiger partial charge in [0.2, 0.25) is 0 Å².